The molecule has 0 amide bonds. The average Bonchev–Trinajstić information content (AvgIpc) is 3.83. The van der Waals surface area contributed by atoms with Crippen LogP contribution >= 0.6 is 0 Å². The number of benzene rings is 2. The van der Waals surface area contributed by atoms with Crippen molar-refractivity contribution in [2.45, 2.75) is 14.7 Å². The molecule has 48 heavy (non-hydrogen) atoms. The van der Waals surface area contributed by atoms with Gasteiger partial charge in [0.25, 0.3) is 30.4 Å². The van der Waals surface area contributed by atoms with Crippen molar-refractivity contribution in [3.05, 3.63) is 102 Å². The summed E-state index contributed by atoms with van der Waals surface area (Å²) in [5.41, 5.74) is 4.57. The molecule has 2 aliphatic heterocycles. The Morgan fingerprint density at radius 2 is 1.10 bits per heavy atom. The van der Waals surface area contributed by atoms with Crippen molar-refractivity contribution in [1.29, 1.82) is 0 Å². The van der Waals surface area contributed by atoms with Gasteiger partial charge in [0.2, 0.25) is 0 Å². The Balaban J connectivity index is 1.71. The van der Waals surface area contributed by atoms with Gasteiger partial charge in [-0.3, -0.25) is 13.7 Å². The van der Waals surface area contributed by atoms with E-state index in [0.29, 0.717) is 34.1 Å². The number of nitrogens with zero attached hydrogens (tertiary/aromatic N) is 2. The molecule has 8 bridgehead atoms. The second-order valence-electron chi connectivity index (χ2n) is 10.8. The van der Waals surface area contributed by atoms with Gasteiger partial charge in [-0.15, -0.1) is 0 Å². The van der Waals surface area contributed by atoms with Crippen molar-refractivity contribution in [2.75, 3.05) is 0 Å². The molecule has 16 heteroatoms. The lowest BCUT2D eigenvalue weighted by Gasteiger charge is -2.15. The molecule has 0 atom stereocenters. The summed E-state index contributed by atoms with van der Waals surface area (Å²) in [7, 11) is -16.8. The first-order chi connectivity index (χ1) is 22.7. The molecule has 0 fully saturated rings. The smallest absolute Gasteiger partial charge is 0.297 e. The highest BCUT2D eigenvalue weighted by Crippen LogP contribution is 2.41. The van der Waals surface area contributed by atoms with Gasteiger partial charge in [0, 0.05) is 38.8 Å². The van der Waals surface area contributed by atoms with Crippen LogP contribution in [0.5, 0.6) is 0 Å². The van der Waals surface area contributed by atoms with Crippen LogP contribution in [-0.4, -0.2) is 58.8 Å². The maximum Gasteiger partial charge on any atom is 0.297 e. The molecular weight excluding hydrogens is 681 g/mol. The minimum absolute atomic E-state index is 0.0569. The van der Waals surface area contributed by atoms with Crippen LogP contribution in [0.2, 0.25) is 0 Å². The van der Waals surface area contributed by atoms with E-state index in [1.165, 1.54) is 12.2 Å². The number of aromatic amines is 2. The van der Waals surface area contributed by atoms with Gasteiger partial charge in [0.05, 0.1) is 22.8 Å². The van der Waals surface area contributed by atoms with Crippen LogP contribution in [0.25, 0.3) is 68.6 Å². The van der Waals surface area contributed by atoms with E-state index < -0.39 is 50.6 Å². The fraction of sp³-hybridized carbons (Fsp3) is 0. The van der Waals surface area contributed by atoms with Crippen molar-refractivity contribution < 1.29 is 38.9 Å². The number of rotatable bonds is 5. The minimum Gasteiger partial charge on any atom is -0.355 e. The monoisotopic (exact) mass is 702 g/mol. The van der Waals surface area contributed by atoms with Crippen LogP contribution in [0.3, 0.4) is 0 Å². The molecule has 2 aliphatic rings. The van der Waals surface area contributed by atoms with Crippen LogP contribution < -0.4 is 0 Å². The van der Waals surface area contributed by atoms with Gasteiger partial charge in [0.15, 0.2) is 0 Å². The predicted molar refractivity (Wildman–Crippen MR) is 179 cm³/mol. The summed E-state index contributed by atoms with van der Waals surface area (Å²) in [5.74, 6) is 0. The molecule has 2 aromatic carbocycles. The van der Waals surface area contributed by atoms with E-state index in [1.54, 1.807) is 18.2 Å². The molecule has 242 valence electrons. The van der Waals surface area contributed by atoms with Gasteiger partial charge in [-0.1, -0.05) is 36.4 Å². The van der Waals surface area contributed by atoms with Crippen molar-refractivity contribution in [1.82, 2.24) is 19.9 Å². The predicted octanol–water partition coefficient (Wildman–Crippen LogP) is 5.73. The Morgan fingerprint density at radius 3 is 1.77 bits per heavy atom. The number of aromatic nitrogens is 4. The fourth-order valence-electron chi connectivity index (χ4n) is 5.70. The Labute approximate surface area is 273 Å². The van der Waals surface area contributed by atoms with Crippen LogP contribution in [0.15, 0.2) is 93.5 Å². The normalized spacial score (nSPS) is 13.2. The molecule has 7 rings (SSSR count). The zero-order valence-corrected chi connectivity index (χ0v) is 26.7. The van der Waals surface area contributed by atoms with E-state index in [1.807, 2.05) is 60.7 Å². The van der Waals surface area contributed by atoms with Crippen molar-refractivity contribution in [3.8, 4) is 22.3 Å². The number of nitrogens with one attached hydrogen (secondary N) is 2. The van der Waals surface area contributed by atoms with E-state index in [2.05, 4.69) is 15.0 Å². The van der Waals surface area contributed by atoms with Crippen LogP contribution in [0.4, 0.5) is 0 Å². The maximum atomic E-state index is 12.9. The zero-order valence-electron chi connectivity index (χ0n) is 24.2. The van der Waals surface area contributed by atoms with Gasteiger partial charge in [-0.25, -0.2) is 9.97 Å². The first-order valence-electron chi connectivity index (χ1n) is 13.9. The summed E-state index contributed by atoms with van der Waals surface area (Å²) >= 11 is 0. The lowest BCUT2D eigenvalue weighted by molar-refractivity contribution is 0.456. The average molecular weight is 703 g/mol. The quantitative estimate of drug-likeness (QED) is 0.136. The standard InChI is InChI=1S/C32H22N4O9S3/c37-46(38,39)28-15-10-23(31(47(40,41)42)32(28)48(43,44)45)30-26-12-9-22(35-26)17-20-7-6-19(33-20)16-21-8-11-24(34-21)29(18-4-2-1-3-5-18)25-13-14-27(30)36-25/h1-17,33-34H,(H,37,38,39)(H,40,41,42)(H,43,44,45). The highest BCUT2D eigenvalue weighted by molar-refractivity contribution is 7.90. The van der Waals surface area contributed by atoms with E-state index in [9.17, 15) is 38.9 Å². The van der Waals surface area contributed by atoms with Crippen molar-refractivity contribution >= 4 is 76.7 Å². The third kappa shape index (κ3) is 5.76. The fourth-order valence-corrected chi connectivity index (χ4v) is 9.07. The molecule has 5 aromatic rings. The summed E-state index contributed by atoms with van der Waals surface area (Å²) in [6.07, 6.45) is 6.27. The van der Waals surface area contributed by atoms with Crippen LogP contribution in [0, 0.1) is 0 Å². The van der Waals surface area contributed by atoms with E-state index in [4.69, 9.17) is 4.98 Å². The number of H-pyrrole nitrogens is 2. The van der Waals surface area contributed by atoms with Gasteiger partial charge >= 0.3 is 0 Å². The lowest BCUT2D eigenvalue weighted by atomic mass is 10.0. The third-order valence-corrected chi connectivity index (χ3v) is 10.6. The Morgan fingerprint density at radius 1 is 0.521 bits per heavy atom. The van der Waals surface area contributed by atoms with E-state index in [0.717, 1.165) is 22.7 Å². The molecule has 0 unspecified atom stereocenters. The SMILES string of the molecule is O=S(=O)(O)c1ccc(-c2c3nc(cc4ccc(cc5ccc([nH]5)c(-c5ccccc5)c5nc2C=C5)[nH]4)C=C3)c(S(=O)(=O)O)c1S(=O)(=O)O. The van der Waals surface area contributed by atoms with Gasteiger partial charge < -0.3 is 9.97 Å². The molecular formula is C32H22N4O9S3. The Bertz CT molecular complexity index is 2750. The molecule has 0 radical (unpaired) electrons. The Kier molecular flexibility index (Phi) is 7.31. The molecule has 5 N–H and O–H groups in total. The summed E-state index contributed by atoms with van der Waals surface area (Å²) in [6.45, 7) is 0. The second-order valence-corrected chi connectivity index (χ2v) is 14.9. The highest BCUT2D eigenvalue weighted by atomic mass is 32.2. The molecule has 0 saturated heterocycles. The molecule has 0 aliphatic carbocycles. The highest BCUT2D eigenvalue weighted by Gasteiger charge is 2.36. The molecule has 0 spiro atoms. The second kappa shape index (κ2) is 11.2. The number of fused-ring (bicyclic) bond motifs is 8. The molecule has 5 heterocycles. The minimum atomic E-state index is -5.71. The molecule has 0 saturated carbocycles. The van der Waals surface area contributed by atoms with Gasteiger partial charge in [-0.2, -0.15) is 25.3 Å². The summed E-state index contributed by atoms with van der Waals surface area (Å²) in [4.78, 5) is 11.4. The number of hydrogen-bond donors (Lipinski definition) is 5. The van der Waals surface area contributed by atoms with Crippen LogP contribution in [0.1, 0.15) is 22.8 Å². The summed E-state index contributed by atoms with van der Waals surface area (Å²) in [5, 5.41) is 0. The summed E-state index contributed by atoms with van der Waals surface area (Å²) in [6, 6.07) is 21.8. The largest absolute Gasteiger partial charge is 0.355 e. The molecule has 13 nitrogen and oxygen atoms in total. The first-order valence-corrected chi connectivity index (χ1v) is 18.2. The van der Waals surface area contributed by atoms with Crippen molar-refractivity contribution in [2.24, 2.45) is 0 Å². The van der Waals surface area contributed by atoms with E-state index in [-0.39, 0.29) is 17.0 Å². The maximum absolute atomic E-state index is 12.9. The summed E-state index contributed by atoms with van der Waals surface area (Å²) < 4.78 is 105. The molecule has 3 aromatic heterocycles. The third-order valence-electron chi connectivity index (χ3n) is 7.59. The van der Waals surface area contributed by atoms with Gasteiger partial charge in [-0.05, 0) is 72.3 Å². The first kappa shape index (κ1) is 31.4. The van der Waals surface area contributed by atoms with Crippen LogP contribution in [-0.2, 0) is 30.4 Å². The number of hydrogen-bond acceptors (Lipinski definition) is 8. The van der Waals surface area contributed by atoms with Crippen molar-refractivity contribution in [3.63, 3.8) is 0 Å². The zero-order chi connectivity index (χ0) is 34.0. The lowest BCUT2D eigenvalue weighted by Crippen LogP contribution is -2.16. The van der Waals surface area contributed by atoms with Gasteiger partial charge in [0.1, 0.15) is 14.7 Å². The Hall–Kier alpha value is -5.23. The van der Waals surface area contributed by atoms with E-state index >= 15 is 0 Å². The topological polar surface area (TPSA) is 220 Å².